The number of nitrogens with one attached hydrogen (secondary N) is 1. The summed E-state index contributed by atoms with van der Waals surface area (Å²) < 4.78 is 45.8. The maximum atomic E-state index is 13.3. The van der Waals surface area contributed by atoms with Crippen LogP contribution in [-0.2, 0) is 12.6 Å². The highest BCUT2D eigenvalue weighted by Gasteiger charge is 2.34. The number of ether oxygens (including phenoxy) is 1. The first-order valence-corrected chi connectivity index (χ1v) is 8.77. The summed E-state index contributed by atoms with van der Waals surface area (Å²) in [7, 11) is 0. The van der Waals surface area contributed by atoms with E-state index in [1.807, 2.05) is 18.2 Å². The molecule has 2 aromatic carbocycles. The van der Waals surface area contributed by atoms with Crippen molar-refractivity contribution < 1.29 is 17.9 Å². The Morgan fingerprint density at radius 1 is 0.960 bits per heavy atom. The zero-order chi connectivity index (χ0) is 17.4. The Morgan fingerprint density at radius 3 is 2.48 bits per heavy atom. The summed E-state index contributed by atoms with van der Waals surface area (Å²) in [6, 6.07) is 10.1. The van der Waals surface area contributed by atoms with Gasteiger partial charge in [-0.1, -0.05) is 37.5 Å². The second-order valence-corrected chi connectivity index (χ2v) is 6.86. The zero-order valence-electron chi connectivity index (χ0n) is 13.8. The number of alkyl halides is 3. The van der Waals surface area contributed by atoms with Gasteiger partial charge in [0.15, 0.2) is 0 Å². The lowest BCUT2D eigenvalue weighted by Crippen LogP contribution is -2.24. The Hall–Kier alpha value is -2.17. The summed E-state index contributed by atoms with van der Waals surface area (Å²) in [5.41, 5.74) is 1.72. The summed E-state index contributed by atoms with van der Waals surface area (Å²) in [4.78, 5) is 0. The van der Waals surface area contributed by atoms with E-state index in [0.29, 0.717) is 23.6 Å². The molecule has 1 aliphatic heterocycles. The molecular formula is C20H20F3NO. The van der Waals surface area contributed by atoms with Gasteiger partial charge in [-0.25, -0.2) is 0 Å². The molecule has 0 amide bonds. The van der Waals surface area contributed by atoms with Gasteiger partial charge in [0.1, 0.15) is 11.5 Å². The van der Waals surface area contributed by atoms with Crippen LogP contribution in [0.2, 0.25) is 0 Å². The van der Waals surface area contributed by atoms with E-state index in [-0.39, 0.29) is 6.04 Å². The minimum atomic E-state index is -4.39. The first-order valence-electron chi connectivity index (χ1n) is 8.77. The van der Waals surface area contributed by atoms with Crippen molar-refractivity contribution in [2.75, 3.05) is 5.32 Å². The van der Waals surface area contributed by atoms with E-state index in [2.05, 4.69) is 5.32 Å². The van der Waals surface area contributed by atoms with Gasteiger partial charge < -0.3 is 10.1 Å². The monoisotopic (exact) mass is 347 g/mol. The van der Waals surface area contributed by atoms with Gasteiger partial charge in [0.05, 0.1) is 5.56 Å². The molecule has 0 bridgehead atoms. The Bertz CT molecular complexity index is 779. The first kappa shape index (κ1) is 16.3. The minimum Gasteiger partial charge on any atom is -0.457 e. The molecule has 0 saturated heterocycles. The Balaban J connectivity index is 1.74. The fourth-order valence-electron chi connectivity index (χ4n) is 3.74. The summed E-state index contributed by atoms with van der Waals surface area (Å²) in [6.45, 7) is 0. The molecule has 2 aliphatic rings. The molecule has 0 aromatic heterocycles. The maximum absolute atomic E-state index is 13.3. The third-order valence-electron chi connectivity index (χ3n) is 5.06. The average molecular weight is 347 g/mol. The Morgan fingerprint density at radius 2 is 1.72 bits per heavy atom. The molecule has 25 heavy (non-hydrogen) atoms. The predicted octanol–water partition coefficient (Wildman–Crippen LogP) is 6.15. The van der Waals surface area contributed by atoms with Crippen LogP contribution in [0.3, 0.4) is 0 Å². The quantitative estimate of drug-likeness (QED) is 0.600. The molecule has 2 nitrogen and oxygen atoms in total. The van der Waals surface area contributed by atoms with E-state index in [4.69, 9.17) is 4.74 Å². The zero-order valence-corrected chi connectivity index (χ0v) is 13.8. The first-order chi connectivity index (χ1) is 12.0. The highest BCUT2D eigenvalue weighted by atomic mass is 19.4. The van der Waals surface area contributed by atoms with Gasteiger partial charge in [0.25, 0.3) is 0 Å². The van der Waals surface area contributed by atoms with Gasteiger partial charge in [-0.15, -0.1) is 0 Å². The van der Waals surface area contributed by atoms with E-state index in [1.54, 1.807) is 6.07 Å². The largest absolute Gasteiger partial charge is 0.457 e. The molecule has 0 spiro atoms. The maximum Gasteiger partial charge on any atom is 0.416 e. The van der Waals surface area contributed by atoms with E-state index in [0.717, 1.165) is 42.9 Å². The number of hydrogen-bond donors (Lipinski definition) is 1. The molecule has 132 valence electrons. The van der Waals surface area contributed by atoms with E-state index in [1.165, 1.54) is 12.5 Å². The van der Waals surface area contributed by atoms with Gasteiger partial charge in [-0.05, 0) is 36.6 Å². The molecular weight excluding hydrogens is 327 g/mol. The second kappa shape index (κ2) is 6.28. The molecule has 1 heterocycles. The smallest absolute Gasteiger partial charge is 0.416 e. The number of halogens is 3. The van der Waals surface area contributed by atoms with Crippen LogP contribution in [0.5, 0.6) is 11.5 Å². The van der Waals surface area contributed by atoms with Crippen molar-refractivity contribution in [1.82, 2.24) is 0 Å². The normalized spacial score (nSPS) is 17.4. The van der Waals surface area contributed by atoms with Crippen molar-refractivity contribution >= 4 is 5.69 Å². The van der Waals surface area contributed by atoms with Crippen molar-refractivity contribution in [3.05, 3.63) is 53.1 Å². The lowest BCUT2D eigenvalue weighted by atomic mass is 9.93. The number of benzene rings is 2. The SMILES string of the molecule is FC(F)(F)c1cc(NC2CCCCC2)c2c(c1)Oc1ccccc1C2. The van der Waals surface area contributed by atoms with Crippen LogP contribution >= 0.6 is 0 Å². The topological polar surface area (TPSA) is 21.3 Å². The molecule has 0 atom stereocenters. The van der Waals surface area contributed by atoms with Crippen LogP contribution < -0.4 is 10.1 Å². The number of para-hydroxylation sites is 1. The number of fused-ring (bicyclic) bond motifs is 2. The summed E-state index contributed by atoms with van der Waals surface area (Å²) in [6.07, 6.45) is 1.65. The molecule has 0 unspecified atom stereocenters. The molecule has 1 N–H and O–H groups in total. The molecule has 1 saturated carbocycles. The predicted molar refractivity (Wildman–Crippen MR) is 91.3 cm³/mol. The van der Waals surface area contributed by atoms with Gasteiger partial charge in [0, 0.05) is 23.7 Å². The van der Waals surface area contributed by atoms with Crippen LogP contribution in [0.4, 0.5) is 18.9 Å². The van der Waals surface area contributed by atoms with Crippen LogP contribution in [0, 0.1) is 0 Å². The highest BCUT2D eigenvalue weighted by molar-refractivity contribution is 5.65. The molecule has 4 rings (SSSR count). The lowest BCUT2D eigenvalue weighted by molar-refractivity contribution is -0.137. The summed E-state index contributed by atoms with van der Waals surface area (Å²) >= 11 is 0. The van der Waals surface area contributed by atoms with Gasteiger partial charge in [-0.2, -0.15) is 13.2 Å². The van der Waals surface area contributed by atoms with Gasteiger partial charge in [-0.3, -0.25) is 0 Å². The standard InChI is InChI=1S/C20H20F3NO/c21-20(22,23)14-11-17(24-15-7-2-1-3-8-15)16-10-13-6-4-5-9-18(13)25-19(16)12-14/h4-6,9,11-12,15,24H,1-3,7-8,10H2. The number of hydrogen-bond acceptors (Lipinski definition) is 2. The summed E-state index contributed by atoms with van der Waals surface area (Å²) in [5, 5.41) is 3.37. The minimum absolute atomic E-state index is 0.235. The number of rotatable bonds is 2. The lowest BCUT2D eigenvalue weighted by Gasteiger charge is -2.29. The van der Waals surface area contributed by atoms with Crippen LogP contribution in [-0.4, -0.2) is 6.04 Å². The van der Waals surface area contributed by atoms with Crippen molar-refractivity contribution in [2.45, 2.75) is 50.7 Å². The van der Waals surface area contributed by atoms with Crippen LogP contribution in [0.15, 0.2) is 36.4 Å². The molecule has 1 fully saturated rings. The number of anilines is 1. The van der Waals surface area contributed by atoms with E-state index >= 15 is 0 Å². The summed E-state index contributed by atoms with van der Waals surface area (Å²) in [5.74, 6) is 0.949. The van der Waals surface area contributed by atoms with Crippen molar-refractivity contribution in [3.8, 4) is 11.5 Å². The Labute approximate surface area is 145 Å². The average Bonchev–Trinajstić information content (AvgIpc) is 2.60. The fourth-order valence-corrected chi connectivity index (χ4v) is 3.74. The molecule has 5 heteroatoms. The van der Waals surface area contributed by atoms with Crippen LogP contribution in [0.1, 0.15) is 48.8 Å². The van der Waals surface area contributed by atoms with Crippen LogP contribution in [0.25, 0.3) is 0 Å². The third kappa shape index (κ3) is 3.32. The van der Waals surface area contributed by atoms with Crippen molar-refractivity contribution in [3.63, 3.8) is 0 Å². The third-order valence-corrected chi connectivity index (χ3v) is 5.06. The second-order valence-electron chi connectivity index (χ2n) is 6.86. The van der Waals surface area contributed by atoms with E-state index in [9.17, 15) is 13.2 Å². The molecule has 2 aromatic rings. The fraction of sp³-hybridized carbons (Fsp3) is 0.400. The van der Waals surface area contributed by atoms with Crippen molar-refractivity contribution in [1.29, 1.82) is 0 Å². The van der Waals surface area contributed by atoms with E-state index < -0.39 is 11.7 Å². The van der Waals surface area contributed by atoms with Gasteiger partial charge in [0.2, 0.25) is 0 Å². The van der Waals surface area contributed by atoms with Crippen molar-refractivity contribution in [2.24, 2.45) is 0 Å². The van der Waals surface area contributed by atoms with Gasteiger partial charge >= 0.3 is 6.18 Å². The Kier molecular flexibility index (Phi) is 4.10. The molecule has 0 radical (unpaired) electrons. The molecule has 1 aliphatic carbocycles. The highest BCUT2D eigenvalue weighted by Crippen LogP contribution is 2.44.